The normalized spacial score (nSPS) is 10.3. The summed E-state index contributed by atoms with van der Waals surface area (Å²) in [4.78, 5) is 14.9. The summed E-state index contributed by atoms with van der Waals surface area (Å²) in [6, 6.07) is 3.68. The lowest BCUT2D eigenvalue weighted by Crippen LogP contribution is -2.06. The molecular weight excluding hydrogens is 255 g/mol. The molecule has 0 saturated carbocycles. The SMILES string of the molecule is O=C(O)c1cc(F)cc(NCCc2nccs2)c1. The summed E-state index contributed by atoms with van der Waals surface area (Å²) in [6.45, 7) is 0.579. The predicted molar refractivity (Wildman–Crippen MR) is 67.7 cm³/mol. The zero-order chi connectivity index (χ0) is 13.0. The molecule has 2 N–H and O–H groups in total. The molecule has 0 aliphatic rings. The van der Waals surface area contributed by atoms with Crippen molar-refractivity contribution >= 4 is 23.0 Å². The Bertz CT molecular complexity index is 543. The van der Waals surface area contributed by atoms with Gasteiger partial charge in [-0.3, -0.25) is 0 Å². The van der Waals surface area contributed by atoms with Crippen molar-refractivity contribution in [3.8, 4) is 0 Å². The highest BCUT2D eigenvalue weighted by Crippen LogP contribution is 2.14. The Morgan fingerprint density at radius 3 is 2.94 bits per heavy atom. The highest BCUT2D eigenvalue weighted by atomic mass is 32.1. The number of halogens is 1. The van der Waals surface area contributed by atoms with Crippen LogP contribution in [0.1, 0.15) is 15.4 Å². The maximum atomic E-state index is 13.2. The predicted octanol–water partition coefficient (Wildman–Crippen LogP) is 2.64. The Morgan fingerprint density at radius 1 is 1.44 bits per heavy atom. The van der Waals surface area contributed by atoms with Gasteiger partial charge in [-0.25, -0.2) is 14.2 Å². The van der Waals surface area contributed by atoms with Crippen LogP contribution in [0.2, 0.25) is 0 Å². The minimum atomic E-state index is -1.14. The zero-order valence-electron chi connectivity index (χ0n) is 9.39. The number of carboxylic acids is 1. The standard InChI is InChI=1S/C12H11FN2O2S/c13-9-5-8(12(16)17)6-10(7-9)14-2-1-11-15-3-4-18-11/h3-7,14H,1-2H2,(H,16,17). The number of aromatic nitrogens is 1. The summed E-state index contributed by atoms with van der Waals surface area (Å²) < 4.78 is 13.2. The van der Waals surface area contributed by atoms with E-state index in [0.29, 0.717) is 12.2 Å². The Hall–Kier alpha value is -1.95. The van der Waals surface area contributed by atoms with Crippen LogP contribution in [-0.2, 0) is 6.42 Å². The summed E-state index contributed by atoms with van der Waals surface area (Å²) in [5.74, 6) is -1.70. The number of hydrogen-bond donors (Lipinski definition) is 2. The van der Waals surface area contributed by atoms with Crippen molar-refractivity contribution < 1.29 is 14.3 Å². The molecule has 0 radical (unpaired) electrons. The highest BCUT2D eigenvalue weighted by Gasteiger charge is 2.06. The Morgan fingerprint density at radius 2 is 2.28 bits per heavy atom. The van der Waals surface area contributed by atoms with Crippen LogP contribution in [-0.4, -0.2) is 22.6 Å². The summed E-state index contributed by atoms with van der Waals surface area (Å²) in [6.07, 6.45) is 2.45. The van der Waals surface area contributed by atoms with E-state index in [1.807, 2.05) is 5.38 Å². The average molecular weight is 266 g/mol. The molecule has 0 aliphatic carbocycles. The molecule has 4 nitrogen and oxygen atoms in total. The van der Waals surface area contributed by atoms with Crippen molar-refractivity contribution in [1.29, 1.82) is 0 Å². The van der Waals surface area contributed by atoms with E-state index in [1.165, 1.54) is 12.1 Å². The maximum Gasteiger partial charge on any atom is 0.335 e. The molecule has 0 aliphatic heterocycles. The number of hydrogen-bond acceptors (Lipinski definition) is 4. The third kappa shape index (κ3) is 3.27. The topological polar surface area (TPSA) is 62.2 Å². The summed E-state index contributed by atoms with van der Waals surface area (Å²) >= 11 is 1.55. The van der Waals surface area contributed by atoms with E-state index in [9.17, 15) is 9.18 Å². The summed E-state index contributed by atoms with van der Waals surface area (Å²) in [5, 5.41) is 14.7. The number of benzene rings is 1. The van der Waals surface area contributed by atoms with E-state index in [2.05, 4.69) is 10.3 Å². The van der Waals surface area contributed by atoms with Gasteiger partial charge < -0.3 is 10.4 Å². The lowest BCUT2D eigenvalue weighted by Gasteiger charge is -2.06. The highest BCUT2D eigenvalue weighted by molar-refractivity contribution is 7.09. The molecule has 0 fully saturated rings. The lowest BCUT2D eigenvalue weighted by atomic mass is 10.2. The van der Waals surface area contributed by atoms with Gasteiger partial charge in [0.1, 0.15) is 5.82 Å². The lowest BCUT2D eigenvalue weighted by molar-refractivity contribution is 0.0696. The number of rotatable bonds is 5. The van der Waals surface area contributed by atoms with Crippen LogP contribution in [0, 0.1) is 5.82 Å². The van der Waals surface area contributed by atoms with Crippen LogP contribution < -0.4 is 5.32 Å². The van der Waals surface area contributed by atoms with Gasteiger partial charge in [0, 0.05) is 30.2 Å². The fraction of sp³-hybridized carbons (Fsp3) is 0.167. The quantitative estimate of drug-likeness (QED) is 0.873. The number of carbonyl (C=O) groups is 1. The summed E-state index contributed by atoms with van der Waals surface area (Å²) in [7, 11) is 0. The summed E-state index contributed by atoms with van der Waals surface area (Å²) in [5.41, 5.74) is 0.399. The van der Waals surface area contributed by atoms with Crippen molar-refractivity contribution in [2.24, 2.45) is 0 Å². The van der Waals surface area contributed by atoms with Gasteiger partial charge in [0.25, 0.3) is 0 Å². The van der Waals surface area contributed by atoms with E-state index in [4.69, 9.17) is 5.11 Å². The molecule has 0 amide bonds. The van der Waals surface area contributed by atoms with Gasteiger partial charge in [0.15, 0.2) is 0 Å². The fourth-order valence-electron chi connectivity index (χ4n) is 1.51. The molecule has 0 unspecified atom stereocenters. The van der Waals surface area contributed by atoms with Gasteiger partial charge >= 0.3 is 5.97 Å². The maximum absolute atomic E-state index is 13.2. The van der Waals surface area contributed by atoms with Crippen molar-refractivity contribution in [2.45, 2.75) is 6.42 Å². The Kier molecular flexibility index (Phi) is 3.88. The molecule has 6 heteroatoms. The van der Waals surface area contributed by atoms with E-state index >= 15 is 0 Å². The fourth-order valence-corrected chi connectivity index (χ4v) is 2.13. The molecule has 0 saturated heterocycles. The van der Waals surface area contributed by atoms with Crippen LogP contribution in [0.25, 0.3) is 0 Å². The van der Waals surface area contributed by atoms with Crippen molar-refractivity contribution in [1.82, 2.24) is 4.98 Å². The molecule has 2 aromatic rings. The number of anilines is 1. The molecule has 0 atom stereocenters. The third-order valence-electron chi connectivity index (χ3n) is 2.30. The Balaban J connectivity index is 1.98. The van der Waals surface area contributed by atoms with Gasteiger partial charge in [-0.2, -0.15) is 0 Å². The van der Waals surface area contributed by atoms with E-state index in [1.54, 1.807) is 17.5 Å². The second-order valence-corrected chi connectivity index (χ2v) is 4.62. The van der Waals surface area contributed by atoms with Crippen molar-refractivity contribution in [3.63, 3.8) is 0 Å². The smallest absolute Gasteiger partial charge is 0.335 e. The van der Waals surface area contributed by atoms with Gasteiger partial charge in [-0.05, 0) is 18.2 Å². The first-order chi connectivity index (χ1) is 8.65. The molecule has 0 bridgehead atoms. The van der Waals surface area contributed by atoms with E-state index in [0.717, 1.165) is 17.5 Å². The largest absolute Gasteiger partial charge is 0.478 e. The molecule has 1 aromatic carbocycles. The van der Waals surface area contributed by atoms with Crippen LogP contribution in [0.15, 0.2) is 29.8 Å². The molecular formula is C12H11FN2O2S. The van der Waals surface area contributed by atoms with Crippen molar-refractivity contribution in [3.05, 3.63) is 46.2 Å². The molecule has 2 rings (SSSR count). The number of nitrogens with one attached hydrogen (secondary N) is 1. The number of carboxylic acid groups (broad SMARTS) is 1. The Labute approximate surface area is 107 Å². The van der Waals surface area contributed by atoms with Crippen LogP contribution in [0.3, 0.4) is 0 Å². The molecule has 18 heavy (non-hydrogen) atoms. The second kappa shape index (κ2) is 5.59. The van der Waals surface area contributed by atoms with Crippen LogP contribution >= 0.6 is 11.3 Å². The van der Waals surface area contributed by atoms with Gasteiger partial charge in [0.2, 0.25) is 0 Å². The number of thiazole rings is 1. The van der Waals surface area contributed by atoms with Crippen LogP contribution in [0.4, 0.5) is 10.1 Å². The average Bonchev–Trinajstić information content (AvgIpc) is 2.81. The minimum absolute atomic E-state index is 0.0632. The number of nitrogens with zero attached hydrogens (tertiary/aromatic N) is 1. The first-order valence-corrected chi connectivity index (χ1v) is 6.19. The van der Waals surface area contributed by atoms with Gasteiger partial charge in [-0.15, -0.1) is 11.3 Å². The first-order valence-electron chi connectivity index (χ1n) is 5.31. The van der Waals surface area contributed by atoms with E-state index < -0.39 is 11.8 Å². The number of aromatic carboxylic acids is 1. The van der Waals surface area contributed by atoms with E-state index in [-0.39, 0.29) is 5.56 Å². The minimum Gasteiger partial charge on any atom is -0.478 e. The molecule has 1 heterocycles. The zero-order valence-corrected chi connectivity index (χ0v) is 10.2. The van der Waals surface area contributed by atoms with Gasteiger partial charge in [-0.1, -0.05) is 0 Å². The molecule has 0 spiro atoms. The van der Waals surface area contributed by atoms with Crippen LogP contribution in [0.5, 0.6) is 0 Å². The van der Waals surface area contributed by atoms with Gasteiger partial charge in [0.05, 0.1) is 10.6 Å². The monoisotopic (exact) mass is 266 g/mol. The molecule has 94 valence electrons. The second-order valence-electron chi connectivity index (χ2n) is 3.64. The molecule has 1 aromatic heterocycles. The third-order valence-corrected chi connectivity index (χ3v) is 3.14. The van der Waals surface area contributed by atoms with Crippen molar-refractivity contribution in [2.75, 3.05) is 11.9 Å². The first kappa shape index (κ1) is 12.5.